The van der Waals surface area contributed by atoms with Crippen molar-refractivity contribution in [3.8, 4) is 0 Å². The summed E-state index contributed by atoms with van der Waals surface area (Å²) in [5.41, 5.74) is 0. The van der Waals surface area contributed by atoms with Gasteiger partial charge in [-0.25, -0.2) is 14.4 Å². The predicted octanol–water partition coefficient (Wildman–Crippen LogP) is 5.53. The maximum atomic E-state index is 11.2. The van der Waals surface area contributed by atoms with Gasteiger partial charge in [0.15, 0.2) is 0 Å². The molecule has 3 rings (SSSR count). The van der Waals surface area contributed by atoms with E-state index in [1.807, 2.05) is 0 Å². The number of nitrogens with zero attached hydrogens (tertiary/aromatic N) is 3. The summed E-state index contributed by atoms with van der Waals surface area (Å²) < 4.78 is 17.6. The number of carboxylic acid groups (broad SMARTS) is 3. The van der Waals surface area contributed by atoms with E-state index in [1.165, 1.54) is 0 Å². The van der Waals surface area contributed by atoms with Crippen LogP contribution in [0.25, 0.3) is 36.9 Å². The van der Waals surface area contributed by atoms with Crippen molar-refractivity contribution in [2.24, 2.45) is 0 Å². The van der Waals surface area contributed by atoms with Gasteiger partial charge >= 0.3 is 131 Å². The molecule has 0 saturated carbocycles. The number of methoxy groups -OCH3 is 3. The van der Waals surface area contributed by atoms with Gasteiger partial charge in [0.25, 0.3) is 41.4 Å². The number of carboxylic acids is 1. The van der Waals surface area contributed by atoms with Crippen molar-refractivity contribution in [1.82, 2.24) is 15.2 Å². The number of amides is 6. The molecule has 0 aliphatic carbocycles. The van der Waals surface area contributed by atoms with Crippen molar-refractivity contribution in [3.05, 3.63) is 36.9 Å². The molecule has 426 valence electrons. The van der Waals surface area contributed by atoms with E-state index in [9.17, 15) is 38.4 Å². The van der Waals surface area contributed by atoms with E-state index in [-0.39, 0.29) is 102 Å². The number of hydrogen-bond acceptors (Lipinski definition) is 20. The van der Waals surface area contributed by atoms with Gasteiger partial charge < -0.3 is 93.1 Å². The molecule has 0 aromatic heterocycles. The molecule has 3 saturated heterocycles. The molecule has 44 heteroatoms. The van der Waals surface area contributed by atoms with Gasteiger partial charge in [0.1, 0.15) is 1.12 Å². The predicted molar refractivity (Wildman–Crippen MR) is 237 cm³/mol. The molecule has 3 aliphatic rings. The molecule has 0 radical (unpaired) electrons. The van der Waals surface area contributed by atoms with Crippen molar-refractivity contribution in [2.75, 3.05) is 41.8 Å². The molecule has 34 nitrogen and oxygen atoms in total. The summed E-state index contributed by atoms with van der Waals surface area (Å²) in [7, 11) is 34.5. The molecule has 0 aromatic rings. The number of ether oxygens (including phenoxy) is 3. The summed E-state index contributed by atoms with van der Waals surface area (Å²) in [5, 5.41) is 37.4. The van der Waals surface area contributed by atoms with E-state index in [2.05, 4.69) is 28.7 Å². The second-order valence-corrected chi connectivity index (χ2v) is 17.2. The third-order valence-electron chi connectivity index (χ3n) is 4.03. The average Bonchev–Trinajstić information content (AvgIpc) is 3.81. The average molecular weight is 1700 g/mol. The van der Waals surface area contributed by atoms with Gasteiger partial charge in [0.05, 0.1) is 21.3 Å². The van der Waals surface area contributed by atoms with E-state index in [0.717, 1.165) is 55.0 Å². The molecular formula is C24H57Cl6N9O25Pt3S. The Morgan fingerprint density at radius 3 is 0.706 bits per heavy atom. The third kappa shape index (κ3) is 83.7. The third-order valence-corrected chi connectivity index (χ3v) is 4.03. The number of thiol groups is 1. The van der Waals surface area contributed by atoms with Gasteiger partial charge in [-0.2, -0.15) is 17.3 Å². The fourth-order valence-electron chi connectivity index (χ4n) is 2.25. The van der Waals surface area contributed by atoms with Crippen molar-refractivity contribution in [1.29, 1.82) is 1.12 Å². The smallest absolute Gasteiger partial charge is 0.693 e. The zero-order chi connectivity index (χ0) is 49.4. The van der Waals surface area contributed by atoms with Crippen LogP contribution in [0.2, 0.25) is 0 Å². The van der Waals surface area contributed by atoms with E-state index in [0.29, 0.717) is 5.06 Å². The Morgan fingerprint density at radius 2 is 0.603 bits per heavy atom. The quantitative estimate of drug-likeness (QED) is 0.0874. The molecule has 3 aliphatic heterocycles. The van der Waals surface area contributed by atoms with Crippen LogP contribution in [-0.4, -0.2) is 166 Å². The summed E-state index contributed by atoms with van der Waals surface area (Å²) in [6, 6.07) is 0. The van der Waals surface area contributed by atoms with E-state index in [1.54, 1.807) is 6.26 Å². The maximum absolute atomic E-state index is 11.2. The van der Waals surface area contributed by atoms with E-state index in [4.69, 9.17) is 97.5 Å². The Morgan fingerprint density at radius 1 is 0.485 bits per heavy atom. The van der Waals surface area contributed by atoms with Crippen LogP contribution in [0.4, 0.5) is 19.2 Å². The Hall–Kier alpha value is -2.32. The van der Waals surface area contributed by atoms with Crippen LogP contribution in [0.3, 0.4) is 0 Å². The number of halogens is 6. The Bertz CT molecular complexity index is 1170. The number of aliphatic carboxylic acids is 1. The van der Waals surface area contributed by atoms with Crippen LogP contribution in [-0.2, 0) is 112 Å². The number of rotatable bonds is 3. The van der Waals surface area contributed by atoms with Crippen molar-refractivity contribution in [2.45, 2.75) is 45.4 Å². The summed E-state index contributed by atoms with van der Waals surface area (Å²) in [4.78, 5) is 128. The number of nitrogens with two attached hydrogens (primary N) is 6. The molecule has 0 aromatic carbocycles. The number of aliphatic hydroxyl groups excluding tert-OH is 2. The Labute approximate surface area is 445 Å². The van der Waals surface area contributed by atoms with E-state index < -0.39 is 115 Å². The molecule has 23 N–H and O–H groups in total. The molecule has 0 atom stereocenters. The number of carbonyl (C=O) groups is 11. The second-order valence-electron chi connectivity index (χ2n) is 7.32. The standard InChI is InChI=1S/C9H8N2O7.C6H7NO5.2C2H4O3.C2H4O2.2CH4O.CH4S.6ClH.6H2N.3H2O.3Pt/c12-5-1-2-6(13)10(5)17-9(16)18-11-7(14)3-4-8(11)15;1-11-6(10)12-7-4(8)2-3-5(7)9;2*1-5-2(3)4;1-2(3)4;3*1-2;;;;;;;;;;;;;;;;;;/h1-4H2;2-3H2,1H3;2*1H3,(H,3,4);1H3,(H,3,4);3*2H,1H3;6*1H;9*1H2;;;/q;;;;;;;;;;;;;;6*-1;;;;3*+4/p-6/i/hD. The number of imide groups is 3. The first-order valence-corrected chi connectivity index (χ1v) is 31.1. The van der Waals surface area contributed by atoms with Crippen molar-refractivity contribution < 1.29 is 173 Å². The minimum absolute atomic E-state index is 0. The largest absolute Gasteiger partial charge is 0.693 e. The van der Waals surface area contributed by atoms with Crippen molar-refractivity contribution in [3.63, 3.8) is 0 Å². The number of hydrogen-bond donors (Lipinski definition) is 6. The van der Waals surface area contributed by atoms with Crippen LogP contribution >= 0.6 is 69.0 Å². The number of hydroxylamine groups is 6. The zero-order valence-corrected chi connectivity index (χ0v) is 48.0. The van der Waals surface area contributed by atoms with Gasteiger partial charge in [-0.1, -0.05) is 15.2 Å². The first kappa shape index (κ1) is 111. The van der Waals surface area contributed by atoms with Crippen LogP contribution < -0.4 is 0 Å². The van der Waals surface area contributed by atoms with Crippen LogP contribution in [0, 0.1) is 0 Å². The fourth-order valence-corrected chi connectivity index (χ4v) is 2.25. The van der Waals surface area contributed by atoms with Gasteiger partial charge in [0.2, 0.25) is 0 Å². The topological polar surface area (TPSA) is 650 Å². The first-order valence-electron chi connectivity index (χ1n) is 13.8. The molecule has 0 unspecified atom stereocenters. The Kier molecular flexibility index (Phi) is 144. The molecule has 3 heterocycles. The zero-order valence-electron chi connectivity index (χ0n) is 36.8. The summed E-state index contributed by atoms with van der Waals surface area (Å²) >= 11 is -0.417. The normalized spacial score (nSPS) is 10.9. The summed E-state index contributed by atoms with van der Waals surface area (Å²) in [6.45, 7) is 1.08. The second kappa shape index (κ2) is 87.7. The van der Waals surface area contributed by atoms with Crippen LogP contribution in [0.1, 0.15) is 45.4 Å². The maximum Gasteiger partial charge on any atom is -0.693 e. The van der Waals surface area contributed by atoms with Gasteiger partial charge in [-0.05, 0) is 6.26 Å². The number of carbonyl (C=O) groups excluding carboxylic acids is 8. The summed E-state index contributed by atoms with van der Waals surface area (Å²) in [5.74, 6) is -4.62. The molecule has 6 amide bonds. The first-order chi connectivity index (χ1) is 28.1. The van der Waals surface area contributed by atoms with Gasteiger partial charge in [-0.3, -0.25) is 48.1 Å². The van der Waals surface area contributed by atoms with Gasteiger partial charge in [-0.15, -0.1) is 0 Å². The SMILES string of the molecule is CC(=O)O.CO.CO.COC(=O)O.COC(=O)O.COC(=O)ON1C(=O)CCC1=O.O.O.O.O=C(ON1C(=O)CCC1=O)ON1C(=O)CCC1=O.[2H]SC.[Cl][Pt+2][Cl].[Cl][Pt+2][Cl].[Cl][Pt+2][Cl].[NH2-].[NH2-].[NH2-].[NH2-].[NH2-].[NH2-]. The Balaban J connectivity index is -0.0000000314. The van der Waals surface area contributed by atoms with Crippen LogP contribution in [0.15, 0.2) is 0 Å². The van der Waals surface area contributed by atoms with E-state index >= 15 is 0 Å². The van der Waals surface area contributed by atoms with Gasteiger partial charge in [0, 0.05) is 59.7 Å². The van der Waals surface area contributed by atoms with Crippen LogP contribution in [0.5, 0.6) is 0 Å². The fraction of sp³-hybridized carbons (Fsp3) is 0.542. The molecule has 0 bridgehead atoms. The minimum atomic E-state index is -1.48. The molecular weight excluding hydrogens is 1640 g/mol. The molecule has 68 heavy (non-hydrogen) atoms. The minimum Gasteiger partial charge on any atom is -0.693 e. The number of aliphatic hydroxyl groups is 2. The molecule has 0 spiro atoms. The monoisotopic (exact) mass is 1700 g/mol. The summed E-state index contributed by atoms with van der Waals surface area (Å²) in [6.07, 6.45) is -3.43. The van der Waals surface area contributed by atoms with Crippen molar-refractivity contribution >= 4 is 135 Å². The molecule has 3 fully saturated rings.